The molecule has 2 rings (SSSR count). The van der Waals surface area contributed by atoms with Crippen LogP contribution in [0.5, 0.6) is 0 Å². The minimum atomic E-state index is -3.72. The maximum atomic E-state index is 12.5. The van der Waals surface area contributed by atoms with Crippen molar-refractivity contribution >= 4 is 26.8 Å². The summed E-state index contributed by atoms with van der Waals surface area (Å²) in [5.41, 5.74) is 0.572. The molecule has 0 fully saturated rings. The van der Waals surface area contributed by atoms with Crippen LogP contribution in [0.2, 0.25) is 0 Å². The molecule has 0 aromatic heterocycles. The zero-order chi connectivity index (χ0) is 17.3. The van der Waals surface area contributed by atoms with Gasteiger partial charge in [0.2, 0.25) is 10.0 Å². The van der Waals surface area contributed by atoms with Gasteiger partial charge < -0.3 is 4.74 Å². The van der Waals surface area contributed by atoms with Gasteiger partial charge in [0.05, 0.1) is 11.9 Å². The molecule has 2 aromatic carbocycles. The molecule has 1 N–H and O–H groups in total. The molecule has 0 saturated heterocycles. The summed E-state index contributed by atoms with van der Waals surface area (Å²) in [4.78, 5) is 12.2. The number of rotatable bonds is 4. The fourth-order valence-electron chi connectivity index (χ4n) is 2.19. The number of fused-ring (bicyclic) bond motifs is 1. The second kappa shape index (κ2) is 6.29. The molecule has 0 aliphatic heterocycles. The van der Waals surface area contributed by atoms with E-state index in [1.807, 2.05) is 30.3 Å². The fraction of sp³-hybridized carbons (Fsp3) is 0.353. The number of esters is 1. The van der Waals surface area contributed by atoms with Crippen molar-refractivity contribution < 1.29 is 17.9 Å². The van der Waals surface area contributed by atoms with E-state index in [1.165, 1.54) is 7.11 Å². The van der Waals surface area contributed by atoms with Crippen molar-refractivity contribution in [3.05, 3.63) is 48.0 Å². The van der Waals surface area contributed by atoms with E-state index in [0.717, 1.165) is 10.8 Å². The van der Waals surface area contributed by atoms with Gasteiger partial charge >= 0.3 is 5.97 Å². The molecule has 6 heteroatoms. The number of ether oxygens (including phenoxy) is 1. The van der Waals surface area contributed by atoms with Gasteiger partial charge in [0, 0.05) is 0 Å². The third-order valence-corrected chi connectivity index (χ3v) is 5.81. The van der Waals surface area contributed by atoms with Crippen molar-refractivity contribution in [3.63, 3.8) is 0 Å². The molecule has 0 spiro atoms. The average molecular weight is 335 g/mol. The van der Waals surface area contributed by atoms with Crippen molar-refractivity contribution in [3.8, 4) is 0 Å². The highest BCUT2D eigenvalue weighted by atomic mass is 32.2. The normalized spacial score (nSPS) is 13.7. The van der Waals surface area contributed by atoms with Crippen LogP contribution in [-0.4, -0.2) is 26.2 Å². The van der Waals surface area contributed by atoms with Crippen LogP contribution in [0.4, 0.5) is 0 Å². The van der Waals surface area contributed by atoms with Gasteiger partial charge in [-0.2, -0.15) is 4.72 Å². The van der Waals surface area contributed by atoms with E-state index in [1.54, 1.807) is 32.9 Å². The van der Waals surface area contributed by atoms with Gasteiger partial charge in [-0.1, -0.05) is 42.5 Å². The topological polar surface area (TPSA) is 72.5 Å². The molecule has 0 aliphatic carbocycles. The zero-order valence-corrected chi connectivity index (χ0v) is 14.5. The molecule has 0 heterocycles. The summed E-state index contributed by atoms with van der Waals surface area (Å²) in [7, 11) is -2.48. The first-order chi connectivity index (χ1) is 10.7. The smallest absolute Gasteiger partial charge is 0.328 e. The van der Waals surface area contributed by atoms with E-state index < -0.39 is 26.8 Å². The van der Waals surface area contributed by atoms with E-state index in [4.69, 9.17) is 4.74 Å². The largest absolute Gasteiger partial charge is 0.468 e. The zero-order valence-electron chi connectivity index (χ0n) is 13.7. The average Bonchev–Trinajstić information content (AvgIpc) is 2.50. The predicted octanol–water partition coefficient (Wildman–Crippen LogP) is 2.77. The highest BCUT2D eigenvalue weighted by Crippen LogP contribution is 2.27. The monoisotopic (exact) mass is 335 g/mol. The van der Waals surface area contributed by atoms with E-state index in [2.05, 4.69) is 4.72 Å². The number of nitrogens with one attached hydrogen (secondary N) is 1. The summed E-state index contributed by atoms with van der Waals surface area (Å²) in [5, 5.41) is 1.73. The molecule has 2 aromatic rings. The van der Waals surface area contributed by atoms with E-state index in [-0.39, 0.29) is 0 Å². The number of carbonyl (C=O) groups excluding carboxylic acids is 1. The van der Waals surface area contributed by atoms with Crippen LogP contribution in [0.15, 0.2) is 42.5 Å². The molecule has 124 valence electrons. The molecule has 0 saturated carbocycles. The lowest BCUT2D eigenvalue weighted by Crippen LogP contribution is -2.43. The van der Waals surface area contributed by atoms with E-state index >= 15 is 0 Å². The Balaban J connectivity index is 2.58. The minimum Gasteiger partial charge on any atom is -0.468 e. The summed E-state index contributed by atoms with van der Waals surface area (Å²) in [6, 6.07) is 11.8. The van der Waals surface area contributed by atoms with Crippen molar-refractivity contribution in [1.82, 2.24) is 4.72 Å². The standard InChI is InChI=1S/C17H21NO4S/c1-17(2,3)23(20,21)18-15(16(19)22-4)14-11-7-9-12-8-5-6-10-13(12)14/h5-11,15,18H,1-4H3. The van der Waals surface area contributed by atoms with Crippen LogP contribution in [-0.2, 0) is 19.6 Å². The molecular weight excluding hydrogens is 314 g/mol. The van der Waals surface area contributed by atoms with Gasteiger partial charge in [-0.25, -0.2) is 13.2 Å². The Hall–Kier alpha value is -1.92. The second-order valence-electron chi connectivity index (χ2n) is 6.26. The third kappa shape index (κ3) is 3.54. The number of sulfonamides is 1. The summed E-state index contributed by atoms with van der Waals surface area (Å²) < 4.78 is 31.2. The lowest BCUT2D eigenvalue weighted by molar-refractivity contribution is -0.142. The van der Waals surface area contributed by atoms with Crippen molar-refractivity contribution in [2.45, 2.75) is 31.6 Å². The molecule has 0 aliphatic rings. The molecule has 5 nitrogen and oxygen atoms in total. The molecule has 0 radical (unpaired) electrons. The molecule has 0 bridgehead atoms. The van der Waals surface area contributed by atoms with Crippen LogP contribution < -0.4 is 4.72 Å². The van der Waals surface area contributed by atoms with E-state index in [9.17, 15) is 13.2 Å². The number of hydrogen-bond donors (Lipinski definition) is 1. The summed E-state index contributed by atoms with van der Waals surface area (Å²) >= 11 is 0. The quantitative estimate of drug-likeness (QED) is 0.872. The summed E-state index contributed by atoms with van der Waals surface area (Å²) in [6.45, 7) is 4.73. The van der Waals surface area contributed by atoms with Gasteiger partial charge in [0.25, 0.3) is 0 Å². The Kier molecular flexibility index (Phi) is 4.77. The molecule has 1 atom stereocenters. The highest BCUT2D eigenvalue weighted by molar-refractivity contribution is 7.90. The molecule has 0 amide bonds. The molecular formula is C17H21NO4S. The minimum absolute atomic E-state index is 0.572. The number of carbonyl (C=O) groups is 1. The van der Waals surface area contributed by atoms with Crippen LogP contribution in [0, 0.1) is 0 Å². The van der Waals surface area contributed by atoms with Crippen molar-refractivity contribution in [2.24, 2.45) is 0 Å². The Bertz CT molecular complexity index is 817. The van der Waals surface area contributed by atoms with Crippen LogP contribution in [0.3, 0.4) is 0 Å². The first kappa shape index (κ1) is 17.4. The first-order valence-electron chi connectivity index (χ1n) is 7.25. The molecule has 1 unspecified atom stereocenters. The SMILES string of the molecule is COC(=O)C(NS(=O)(=O)C(C)(C)C)c1cccc2ccccc12. The summed E-state index contributed by atoms with van der Waals surface area (Å²) in [5.74, 6) is -0.644. The van der Waals surface area contributed by atoms with Gasteiger partial charge in [-0.15, -0.1) is 0 Å². The Labute approximate surface area is 136 Å². The highest BCUT2D eigenvalue weighted by Gasteiger charge is 2.35. The van der Waals surface area contributed by atoms with Gasteiger partial charge in [0.15, 0.2) is 0 Å². The fourth-order valence-corrected chi connectivity index (χ4v) is 3.08. The van der Waals surface area contributed by atoms with Crippen molar-refractivity contribution in [2.75, 3.05) is 7.11 Å². The number of benzene rings is 2. The molecule has 23 heavy (non-hydrogen) atoms. The second-order valence-corrected chi connectivity index (χ2v) is 8.73. The first-order valence-corrected chi connectivity index (χ1v) is 8.73. The van der Waals surface area contributed by atoms with Gasteiger partial charge in [-0.3, -0.25) is 0 Å². The predicted molar refractivity (Wildman–Crippen MR) is 90.5 cm³/mol. The lowest BCUT2D eigenvalue weighted by Gasteiger charge is -2.25. The third-order valence-electron chi connectivity index (χ3n) is 3.65. The maximum Gasteiger partial charge on any atom is 0.328 e. The Morgan fingerprint density at radius 3 is 2.30 bits per heavy atom. The van der Waals surface area contributed by atoms with E-state index in [0.29, 0.717) is 5.56 Å². The number of methoxy groups -OCH3 is 1. The number of hydrogen-bond acceptors (Lipinski definition) is 4. The van der Waals surface area contributed by atoms with Crippen LogP contribution >= 0.6 is 0 Å². The Morgan fingerprint density at radius 1 is 1.09 bits per heavy atom. The van der Waals surface area contributed by atoms with Crippen molar-refractivity contribution in [1.29, 1.82) is 0 Å². The lowest BCUT2D eigenvalue weighted by atomic mass is 9.99. The van der Waals surface area contributed by atoms with Gasteiger partial charge in [-0.05, 0) is 37.1 Å². The van der Waals surface area contributed by atoms with Crippen LogP contribution in [0.1, 0.15) is 32.4 Å². The Morgan fingerprint density at radius 2 is 1.70 bits per heavy atom. The van der Waals surface area contributed by atoms with Crippen LogP contribution in [0.25, 0.3) is 10.8 Å². The van der Waals surface area contributed by atoms with Gasteiger partial charge in [0.1, 0.15) is 6.04 Å². The summed E-state index contributed by atoms with van der Waals surface area (Å²) in [6.07, 6.45) is 0. The maximum absolute atomic E-state index is 12.5.